The van der Waals surface area contributed by atoms with Crippen LogP contribution >= 0.6 is 0 Å². The normalized spacial score (nSPS) is 9.74. The first-order valence-electron chi connectivity index (χ1n) is 6.28. The standard InChI is InChI=1S/C15H9FN2O5/c16-11-5-6-12(18(20)21)14(7-11)23-15(19)9-22-13-4-2-1-3-10(13)8-17/h1-7H,9H2. The maximum absolute atomic E-state index is 13.1. The predicted octanol–water partition coefficient (Wildman–Crippen LogP) is 2.59. The number of carbonyl (C=O) groups is 1. The van der Waals surface area contributed by atoms with Crippen molar-refractivity contribution < 1.29 is 23.6 Å². The van der Waals surface area contributed by atoms with E-state index in [-0.39, 0.29) is 11.3 Å². The van der Waals surface area contributed by atoms with Gasteiger partial charge in [0.25, 0.3) is 0 Å². The lowest BCUT2D eigenvalue weighted by atomic mass is 10.2. The third-order valence-electron chi connectivity index (χ3n) is 2.70. The number of halogens is 1. The number of rotatable bonds is 5. The van der Waals surface area contributed by atoms with Crippen LogP contribution in [0.4, 0.5) is 10.1 Å². The number of nitriles is 1. The van der Waals surface area contributed by atoms with Gasteiger partial charge in [-0.1, -0.05) is 12.1 Å². The molecule has 0 atom stereocenters. The number of hydrogen-bond donors (Lipinski definition) is 0. The smallest absolute Gasteiger partial charge is 0.349 e. The maximum atomic E-state index is 13.1. The van der Waals surface area contributed by atoms with Crippen LogP contribution in [0, 0.1) is 27.3 Å². The summed E-state index contributed by atoms with van der Waals surface area (Å²) in [6, 6.07) is 10.6. The lowest BCUT2D eigenvalue weighted by molar-refractivity contribution is -0.385. The van der Waals surface area contributed by atoms with E-state index >= 15 is 0 Å². The third-order valence-corrected chi connectivity index (χ3v) is 2.70. The minimum atomic E-state index is -0.966. The third kappa shape index (κ3) is 4.01. The second-order valence-corrected chi connectivity index (χ2v) is 4.24. The molecule has 116 valence electrons. The van der Waals surface area contributed by atoms with Crippen LogP contribution in [-0.4, -0.2) is 17.5 Å². The Bertz CT molecular complexity index is 801. The van der Waals surface area contributed by atoms with Gasteiger partial charge >= 0.3 is 11.7 Å². The Morgan fingerprint density at radius 3 is 2.70 bits per heavy atom. The number of carbonyl (C=O) groups excluding carboxylic acids is 1. The fraction of sp³-hybridized carbons (Fsp3) is 0.0667. The largest absolute Gasteiger partial charge is 0.481 e. The van der Waals surface area contributed by atoms with E-state index in [4.69, 9.17) is 14.7 Å². The molecule has 0 saturated heterocycles. The quantitative estimate of drug-likeness (QED) is 0.363. The Hall–Kier alpha value is -3.47. The van der Waals surface area contributed by atoms with Gasteiger partial charge in [0.15, 0.2) is 6.61 Å². The van der Waals surface area contributed by atoms with Crippen molar-refractivity contribution in [3.8, 4) is 17.6 Å². The number of para-hydroxylation sites is 1. The molecular weight excluding hydrogens is 307 g/mol. The summed E-state index contributed by atoms with van der Waals surface area (Å²) in [5, 5.41) is 19.7. The summed E-state index contributed by atoms with van der Waals surface area (Å²) in [4.78, 5) is 21.7. The van der Waals surface area contributed by atoms with Crippen molar-refractivity contribution in [3.05, 3.63) is 64.0 Å². The Labute approximate surface area is 129 Å². The van der Waals surface area contributed by atoms with Gasteiger partial charge in [-0.15, -0.1) is 0 Å². The van der Waals surface area contributed by atoms with Crippen molar-refractivity contribution in [1.82, 2.24) is 0 Å². The van der Waals surface area contributed by atoms with Gasteiger partial charge in [-0.2, -0.15) is 5.26 Å². The molecule has 0 aromatic heterocycles. The molecule has 2 rings (SSSR count). The minimum Gasteiger partial charge on any atom is -0.481 e. The summed E-state index contributed by atoms with van der Waals surface area (Å²) in [5.74, 6) is -2.10. The van der Waals surface area contributed by atoms with E-state index in [1.807, 2.05) is 6.07 Å². The molecule has 0 heterocycles. The first-order valence-corrected chi connectivity index (χ1v) is 6.28. The van der Waals surface area contributed by atoms with E-state index in [9.17, 15) is 19.3 Å². The van der Waals surface area contributed by atoms with Crippen molar-refractivity contribution in [2.75, 3.05) is 6.61 Å². The molecule has 0 radical (unpaired) electrons. The van der Waals surface area contributed by atoms with Crippen molar-refractivity contribution in [2.45, 2.75) is 0 Å². The predicted molar refractivity (Wildman–Crippen MR) is 75.3 cm³/mol. The number of nitrogens with zero attached hydrogens (tertiary/aromatic N) is 2. The molecule has 0 aliphatic carbocycles. The van der Waals surface area contributed by atoms with Crippen LogP contribution in [0.1, 0.15) is 5.56 Å². The average molecular weight is 316 g/mol. The molecule has 0 fully saturated rings. The number of nitro benzene ring substituents is 1. The van der Waals surface area contributed by atoms with Gasteiger partial charge in [0.2, 0.25) is 5.75 Å². The molecule has 0 aliphatic heterocycles. The summed E-state index contributed by atoms with van der Waals surface area (Å²) >= 11 is 0. The molecule has 0 N–H and O–H groups in total. The molecule has 23 heavy (non-hydrogen) atoms. The summed E-state index contributed by atoms with van der Waals surface area (Å²) in [5.41, 5.74) is -0.325. The summed E-state index contributed by atoms with van der Waals surface area (Å²) < 4.78 is 23.0. The van der Waals surface area contributed by atoms with Gasteiger partial charge in [-0.05, 0) is 18.2 Å². The Morgan fingerprint density at radius 1 is 1.26 bits per heavy atom. The molecule has 7 nitrogen and oxygen atoms in total. The molecule has 0 saturated carbocycles. The Morgan fingerprint density at radius 2 is 2.00 bits per heavy atom. The summed E-state index contributed by atoms with van der Waals surface area (Å²) in [7, 11) is 0. The van der Waals surface area contributed by atoms with E-state index in [0.717, 1.165) is 18.2 Å². The first-order chi connectivity index (χ1) is 11.0. The molecule has 0 spiro atoms. The number of ether oxygens (including phenoxy) is 2. The molecule has 0 amide bonds. The second-order valence-electron chi connectivity index (χ2n) is 4.24. The molecular formula is C15H9FN2O5. The lowest BCUT2D eigenvalue weighted by Gasteiger charge is -2.08. The second kappa shape index (κ2) is 7.00. The average Bonchev–Trinajstić information content (AvgIpc) is 2.53. The molecule has 0 aliphatic rings. The lowest BCUT2D eigenvalue weighted by Crippen LogP contribution is -2.18. The maximum Gasteiger partial charge on any atom is 0.349 e. The molecule has 2 aromatic carbocycles. The van der Waals surface area contributed by atoms with Gasteiger partial charge in [-0.25, -0.2) is 9.18 Å². The van der Waals surface area contributed by atoms with Crippen LogP contribution < -0.4 is 9.47 Å². The fourth-order valence-corrected chi connectivity index (χ4v) is 1.69. The van der Waals surface area contributed by atoms with Crippen molar-refractivity contribution in [2.24, 2.45) is 0 Å². The highest BCUT2D eigenvalue weighted by Gasteiger charge is 2.19. The first kappa shape index (κ1) is 15.9. The van der Waals surface area contributed by atoms with Crippen LogP contribution in [0.25, 0.3) is 0 Å². The van der Waals surface area contributed by atoms with Crippen LogP contribution in [0.3, 0.4) is 0 Å². The van der Waals surface area contributed by atoms with Crippen LogP contribution in [-0.2, 0) is 4.79 Å². The number of nitro groups is 1. The number of esters is 1. The number of benzene rings is 2. The summed E-state index contributed by atoms with van der Waals surface area (Å²) in [6.45, 7) is -0.591. The van der Waals surface area contributed by atoms with E-state index in [1.54, 1.807) is 12.1 Å². The van der Waals surface area contributed by atoms with Crippen molar-refractivity contribution in [1.29, 1.82) is 5.26 Å². The van der Waals surface area contributed by atoms with E-state index in [2.05, 4.69) is 0 Å². The van der Waals surface area contributed by atoms with Gasteiger partial charge in [-0.3, -0.25) is 10.1 Å². The molecule has 2 aromatic rings. The van der Waals surface area contributed by atoms with E-state index in [0.29, 0.717) is 0 Å². The minimum absolute atomic E-state index is 0.167. The Kier molecular flexibility index (Phi) is 4.84. The van der Waals surface area contributed by atoms with Crippen LogP contribution in [0.15, 0.2) is 42.5 Å². The van der Waals surface area contributed by atoms with Crippen LogP contribution in [0.5, 0.6) is 11.5 Å². The van der Waals surface area contributed by atoms with Crippen molar-refractivity contribution >= 4 is 11.7 Å². The van der Waals surface area contributed by atoms with Gasteiger partial charge in [0.1, 0.15) is 17.6 Å². The SMILES string of the molecule is N#Cc1ccccc1OCC(=O)Oc1cc(F)ccc1[N+](=O)[O-]. The topological polar surface area (TPSA) is 102 Å². The zero-order valence-electron chi connectivity index (χ0n) is 11.6. The summed E-state index contributed by atoms with van der Waals surface area (Å²) in [6.07, 6.45) is 0. The molecule has 8 heteroatoms. The van der Waals surface area contributed by atoms with E-state index < -0.39 is 34.8 Å². The fourth-order valence-electron chi connectivity index (χ4n) is 1.69. The highest BCUT2D eigenvalue weighted by Crippen LogP contribution is 2.27. The van der Waals surface area contributed by atoms with Gasteiger partial charge in [0, 0.05) is 12.1 Å². The van der Waals surface area contributed by atoms with Gasteiger partial charge < -0.3 is 9.47 Å². The number of hydrogen-bond acceptors (Lipinski definition) is 6. The highest BCUT2D eigenvalue weighted by molar-refractivity contribution is 5.75. The molecule has 0 bridgehead atoms. The molecule has 0 unspecified atom stereocenters. The van der Waals surface area contributed by atoms with Crippen LogP contribution in [0.2, 0.25) is 0 Å². The highest BCUT2D eigenvalue weighted by atomic mass is 19.1. The van der Waals surface area contributed by atoms with Crippen molar-refractivity contribution in [3.63, 3.8) is 0 Å². The van der Waals surface area contributed by atoms with Gasteiger partial charge in [0.05, 0.1) is 10.5 Å². The zero-order valence-corrected chi connectivity index (χ0v) is 11.6. The Balaban J connectivity index is 2.07. The zero-order chi connectivity index (χ0) is 16.8. The monoisotopic (exact) mass is 316 g/mol. The van der Waals surface area contributed by atoms with E-state index in [1.165, 1.54) is 12.1 Å².